The number of ether oxygens (including phenoxy) is 3. The van der Waals surface area contributed by atoms with Gasteiger partial charge in [0.05, 0.1) is 32.5 Å². The molecule has 0 atom stereocenters. The number of hydrogen-bond acceptors (Lipinski definition) is 4. The Labute approximate surface area is 122 Å². The summed E-state index contributed by atoms with van der Waals surface area (Å²) in [4.78, 5) is 12.5. The van der Waals surface area contributed by atoms with Crippen molar-refractivity contribution in [2.24, 2.45) is 0 Å². The molecule has 0 bridgehead atoms. The van der Waals surface area contributed by atoms with Crippen molar-refractivity contribution in [3.63, 3.8) is 0 Å². The lowest BCUT2D eigenvalue weighted by molar-refractivity contribution is 0.103. The predicted octanol–water partition coefficient (Wildman–Crippen LogP) is 3.08. The van der Waals surface area contributed by atoms with Gasteiger partial charge in [0.25, 0.3) is 0 Å². The van der Waals surface area contributed by atoms with E-state index in [1.54, 1.807) is 12.1 Å². The molecule has 0 aliphatic carbocycles. The van der Waals surface area contributed by atoms with Gasteiger partial charge in [0.1, 0.15) is 5.82 Å². The number of ketones is 1. The molecule has 5 heteroatoms. The summed E-state index contributed by atoms with van der Waals surface area (Å²) >= 11 is 0. The van der Waals surface area contributed by atoms with E-state index in [0.29, 0.717) is 11.5 Å². The molecule has 0 radical (unpaired) electrons. The molecule has 110 valence electrons. The van der Waals surface area contributed by atoms with Crippen LogP contribution in [0, 0.1) is 5.82 Å². The van der Waals surface area contributed by atoms with Gasteiger partial charge in [-0.3, -0.25) is 4.79 Å². The minimum absolute atomic E-state index is 0.0250. The molecule has 2 aromatic rings. The second kappa shape index (κ2) is 6.26. The molecule has 0 aliphatic rings. The topological polar surface area (TPSA) is 44.8 Å². The minimum Gasteiger partial charge on any atom is -0.493 e. The van der Waals surface area contributed by atoms with E-state index >= 15 is 0 Å². The summed E-state index contributed by atoms with van der Waals surface area (Å²) in [5, 5.41) is 0. The van der Waals surface area contributed by atoms with Gasteiger partial charge in [0.15, 0.2) is 17.3 Å². The first-order chi connectivity index (χ1) is 10.1. The largest absolute Gasteiger partial charge is 0.493 e. The lowest BCUT2D eigenvalue weighted by Gasteiger charge is -2.15. The summed E-state index contributed by atoms with van der Waals surface area (Å²) in [6.45, 7) is 0. The van der Waals surface area contributed by atoms with Gasteiger partial charge in [-0.25, -0.2) is 4.39 Å². The zero-order valence-electron chi connectivity index (χ0n) is 12.0. The van der Waals surface area contributed by atoms with Crippen molar-refractivity contribution in [2.45, 2.75) is 0 Å². The van der Waals surface area contributed by atoms with Crippen LogP contribution in [0.2, 0.25) is 0 Å². The predicted molar refractivity (Wildman–Crippen MR) is 75.9 cm³/mol. The smallest absolute Gasteiger partial charge is 0.204 e. The highest BCUT2D eigenvalue weighted by molar-refractivity contribution is 6.11. The Bertz CT molecular complexity index is 667. The van der Waals surface area contributed by atoms with Gasteiger partial charge in [-0.1, -0.05) is 12.1 Å². The average Bonchev–Trinajstić information content (AvgIpc) is 2.52. The number of halogens is 1. The fraction of sp³-hybridized carbons (Fsp3) is 0.188. The maximum atomic E-state index is 13.8. The first-order valence-corrected chi connectivity index (χ1v) is 6.22. The molecule has 2 rings (SSSR count). The molecule has 0 saturated carbocycles. The van der Waals surface area contributed by atoms with Crippen LogP contribution in [0.25, 0.3) is 0 Å². The molecular formula is C16H15FO4. The molecule has 0 N–H and O–H groups in total. The Hall–Kier alpha value is -2.56. The van der Waals surface area contributed by atoms with Crippen LogP contribution in [0.5, 0.6) is 17.2 Å². The Balaban J connectivity index is 2.59. The first-order valence-electron chi connectivity index (χ1n) is 6.22. The van der Waals surface area contributed by atoms with E-state index in [-0.39, 0.29) is 16.9 Å². The third-order valence-electron chi connectivity index (χ3n) is 3.07. The van der Waals surface area contributed by atoms with Crippen LogP contribution in [0.15, 0.2) is 36.4 Å². The second-order valence-electron chi connectivity index (χ2n) is 4.19. The molecular weight excluding hydrogens is 275 g/mol. The quantitative estimate of drug-likeness (QED) is 0.794. The summed E-state index contributed by atoms with van der Waals surface area (Å²) in [5.41, 5.74) is 0.184. The normalized spacial score (nSPS) is 10.1. The van der Waals surface area contributed by atoms with Crippen LogP contribution in [-0.2, 0) is 0 Å². The van der Waals surface area contributed by atoms with Gasteiger partial charge in [-0.15, -0.1) is 0 Å². The van der Waals surface area contributed by atoms with Crippen molar-refractivity contribution in [2.75, 3.05) is 21.3 Å². The molecule has 0 saturated heterocycles. The van der Waals surface area contributed by atoms with Crippen LogP contribution < -0.4 is 14.2 Å². The van der Waals surface area contributed by atoms with Gasteiger partial charge in [0, 0.05) is 0 Å². The monoisotopic (exact) mass is 290 g/mol. The minimum atomic E-state index is -0.584. The van der Waals surface area contributed by atoms with E-state index in [9.17, 15) is 9.18 Å². The van der Waals surface area contributed by atoms with Crippen LogP contribution in [-0.4, -0.2) is 27.1 Å². The number of rotatable bonds is 5. The van der Waals surface area contributed by atoms with E-state index in [1.165, 1.54) is 45.6 Å². The van der Waals surface area contributed by atoms with Crippen molar-refractivity contribution in [1.29, 1.82) is 0 Å². The molecule has 21 heavy (non-hydrogen) atoms. The third kappa shape index (κ3) is 2.67. The van der Waals surface area contributed by atoms with Gasteiger partial charge < -0.3 is 14.2 Å². The Morgan fingerprint density at radius 3 is 2.10 bits per heavy atom. The number of methoxy groups -OCH3 is 3. The third-order valence-corrected chi connectivity index (χ3v) is 3.07. The van der Waals surface area contributed by atoms with Gasteiger partial charge in [0.2, 0.25) is 5.75 Å². The molecule has 0 fully saturated rings. The SMILES string of the molecule is COc1ccc(C(=O)c2ccccc2F)c(OC)c1OC. The summed E-state index contributed by atoms with van der Waals surface area (Å²) < 4.78 is 29.4. The first kappa shape index (κ1) is 14.8. The van der Waals surface area contributed by atoms with Crippen LogP contribution in [0.1, 0.15) is 15.9 Å². The highest BCUT2D eigenvalue weighted by Crippen LogP contribution is 2.40. The highest BCUT2D eigenvalue weighted by Gasteiger charge is 2.23. The fourth-order valence-electron chi connectivity index (χ4n) is 2.07. The molecule has 0 aliphatic heterocycles. The van der Waals surface area contributed by atoms with Gasteiger partial charge >= 0.3 is 0 Å². The second-order valence-corrected chi connectivity index (χ2v) is 4.19. The average molecular weight is 290 g/mol. The molecule has 0 unspecified atom stereocenters. The van der Waals surface area contributed by atoms with Gasteiger partial charge in [-0.2, -0.15) is 0 Å². The summed E-state index contributed by atoms with van der Waals surface area (Å²) in [7, 11) is 4.34. The molecule has 0 spiro atoms. The van der Waals surface area contributed by atoms with Crippen LogP contribution in [0.4, 0.5) is 4.39 Å². The Kier molecular flexibility index (Phi) is 4.42. The van der Waals surface area contributed by atoms with E-state index in [0.717, 1.165) is 0 Å². The molecule has 2 aromatic carbocycles. The van der Waals surface area contributed by atoms with E-state index in [1.807, 2.05) is 0 Å². The maximum Gasteiger partial charge on any atom is 0.204 e. The summed E-state index contributed by atoms with van der Waals surface area (Å²) in [6, 6.07) is 8.89. The summed E-state index contributed by atoms with van der Waals surface area (Å²) in [6.07, 6.45) is 0. The van der Waals surface area contributed by atoms with E-state index in [2.05, 4.69) is 0 Å². The number of carbonyl (C=O) groups is 1. The molecule has 0 aromatic heterocycles. The fourth-order valence-corrected chi connectivity index (χ4v) is 2.07. The van der Waals surface area contributed by atoms with E-state index in [4.69, 9.17) is 14.2 Å². The van der Waals surface area contributed by atoms with Crippen molar-refractivity contribution in [3.8, 4) is 17.2 Å². The lowest BCUT2D eigenvalue weighted by atomic mass is 10.0. The molecule has 0 heterocycles. The van der Waals surface area contributed by atoms with E-state index < -0.39 is 11.6 Å². The number of benzene rings is 2. The van der Waals surface area contributed by atoms with Crippen molar-refractivity contribution in [3.05, 3.63) is 53.3 Å². The van der Waals surface area contributed by atoms with Gasteiger partial charge in [-0.05, 0) is 24.3 Å². The molecule has 0 amide bonds. The maximum absolute atomic E-state index is 13.8. The number of carbonyl (C=O) groups excluding carboxylic acids is 1. The molecule has 4 nitrogen and oxygen atoms in total. The highest BCUT2D eigenvalue weighted by atomic mass is 19.1. The van der Waals surface area contributed by atoms with Crippen molar-refractivity contribution < 1.29 is 23.4 Å². The van der Waals surface area contributed by atoms with Crippen molar-refractivity contribution >= 4 is 5.78 Å². The number of hydrogen-bond donors (Lipinski definition) is 0. The summed E-state index contributed by atoms with van der Waals surface area (Å²) in [5.74, 6) is -0.128. The standard InChI is InChI=1S/C16H15FO4/c1-19-13-9-8-11(15(20-2)16(13)21-3)14(18)10-6-4-5-7-12(10)17/h4-9H,1-3H3. The lowest BCUT2D eigenvalue weighted by Crippen LogP contribution is -2.08. The van der Waals surface area contributed by atoms with Crippen LogP contribution >= 0.6 is 0 Å². The zero-order chi connectivity index (χ0) is 15.4. The zero-order valence-corrected chi connectivity index (χ0v) is 12.0. The Morgan fingerprint density at radius 2 is 1.52 bits per heavy atom. The van der Waals surface area contributed by atoms with Crippen molar-refractivity contribution in [1.82, 2.24) is 0 Å². The Morgan fingerprint density at radius 1 is 0.857 bits per heavy atom. The van der Waals surface area contributed by atoms with Crippen LogP contribution in [0.3, 0.4) is 0 Å².